The summed E-state index contributed by atoms with van der Waals surface area (Å²) >= 11 is 1.36. The molecule has 9 heteroatoms. The maximum Gasteiger partial charge on any atom is 0.272 e. The monoisotopic (exact) mass is 392 g/mol. The van der Waals surface area contributed by atoms with Gasteiger partial charge in [-0.15, -0.1) is 0 Å². The Hall–Kier alpha value is -2.17. The van der Waals surface area contributed by atoms with Crippen molar-refractivity contribution >= 4 is 23.1 Å². The first-order valence-electron chi connectivity index (χ1n) is 8.34. The molecule has 0 aliphatic carbocycles. The average Bonchev–Trinajstić information content (AvgIpc) is 2.65. The number of anilines is 1. The number of nitrogens with zero attached hydrogens (tertiary/aromatic N) is 1. The molecule has 5 atom stereocenters. The Kier molecular flexibility index (Phi) is 5.98. The van der Waals surface area contributed by atoms with Crippen molar-refractivity contribution in [3.63, 3.8) is 0 Å². The van der Waals surface area contributed by atoms with Crippen LogP contribution in [0, 0.1) is 10.1 Å². The van der Waals surface area contributed by atoms with Gasteiger partial charge in [-0.1, -0.05) is 30.0 Å². The van der Waals surface area contributed by atoms with Gasteiger partial charge in [0, 0.05) is 27.6 Å². The predicted molar refractivity (Wildman–Crippen MR) is 99.6 cm³/mol. The number of non-ortho nitro benzene ring substituents is 1. The van der Waals surface area contributed by atoms with Crippen LogP contribution in [0.1, 0.15) is 6.92 Å². The van der Waals surface area contributed by atoms with E-state index in [1.54, 1.807) is 13.0 Å². The number of aliphatic hydroxyl groups is 3. The van der Waals surface area contributed by atoms with E-state index in [1.165, 1.54) is 23.9 Å². The van der Waals surface area contributed by atoms with Crippen LogP contribution >= 0.6 is 11.8 Å². The smallest absolute Gasteiger partial charge is 0.272 e. The third-order valence-electron chi connectivity index (χ3n) is 4.24. The first-order valence-corrected chi connectivity index (χ1v) is 9.15. The van der Waals surface area contributed by atoms with Crippen molar-refractivity contribution in [3.8, 4) is 0 Å². The zero-order valence-corrected chi connectivity index (χ0v) is 15.2. The Bertz CT molecular complexity index is 806. The first-order chi connectivity index (χ1) is 12.8. The SMILES string of the molecule is CC1OC(Nc2cc(Sc3ccccc3)cc([N+](=O)[O-])c2)C(O)C(O)C1O. The van der Waals surface area contributed by atoms with E-state index >= 15 is 0 Å². The van der Waals surface area contributed by atoms with Crippen molar-refractivity contribution in [2.75, 3.05) is 5.32 Å². The van der Waals surface area contributed by atoms with Crippen LogP contribution in [0.15, 0.2) is 58.3 Å². The summed E-state index contributed by atoms with van der Waals surface area (Å²) in [5.41, 5.74) is 0.250. The fourth-order valence-electron chi connectivity index (χ4n) is 2.79. The average molecular weight is 392 g/mol. The van der Waals surface area contributed by atoms with E-state index in [2.05, 4.69) is 5.32 Å². The maximum absolute atomic E-state index is 11.3. The lowest BCUT2D eigenvalue weighted by Crippen LogP contribution is -2.58. The normalized spacial score (nSPS) is 27.9. The van der Waals surface area contributed by atoms with E-state index in [4.69, 9.17) is 4.74 Å². The van der Waals surface area contributed by atoms with E-state index in [9.17, 15) is 25.4 Å². The molecule has 3 rings (SSSR count). The fraction of sp³-hybridized carbons (Fsp3) is 0.333. The number of aliphatic hydroxyl groups excluding tert-OH is 3. The second-order valence-corrected chi connectivity index (χ2v) is 7.41. The van der Waals surface area contributed by atoms with Crippen molar-refractivity contribution in [1.29, 1.82) is 0 Å². The second kappa shape index (κ2) is 8.24. The van der Waals surface area contributed by atoms with Crippen LogP contribution < -0.4 is 5.32 Å². The molecule has 144 valence electrons. The summed E-state index contributed by atoms with van der Waals surface area (Å²) in [5.74, 6) is 0. The van der Waals surface area contributed by atoms with E-state index in [-0.39, 0.29) is 5.69 Å². The Labute approximate surface area is 159 Å². The summed E-state index contributed by atoms with van der Waals surface area (Å²) < 4.78 is 5.50. The third kappa shape index (κ3) is 4.57. The summed E-state index contributed by atoms with van der Waals surface area (Å²) in [5, 5.41) is 44.0. The molecule has 0 bridgehead atoms. The number of hydrogen-bond donors (Lipinski definition) is 4. The molecule has 8 nitrogen and oxygen atoms in total. The second-order valence-electron chi connectivity index (χ2n) is 6.27. The highest BCUT2D eigenvalue weighted by Gasteiger charge is 2.41. The van der Waals surface area contributed by atoms with Gasteiger partial charge < -0.3 is 25.4 Å². The van der Waals surface area contributed by atoms with Gasteiger partial charge in [-0.05, 0) is 25.1 Å². The Morgan fingerprint density at radius 1 is 1.04 bits per heavy atom. The molecule has 5 unspecified atom stereocenters. The highest BCUT2D eigenvalue weighted by atomic mass is 32.2. The van der Waals surface area contributed by atoms with Gasteiger partial charge >= 0.3 is 0 Å². The largest absolute Gasteiger partial charge is 0.388 e. The number of benzene rings is 2. The fourth-order valence-corrected chi connectivity index (χ4v) is 3.72. The highest BCUT2D eigenvalue weighted by molar-refractivity contribution is 7.99. The molecule has 1 fully saturated rings. The summed E-state index contributed by atoms with van der Waals surface area (Å²) in [6.07, 6.45) is -5.72. The van der Waals surface area contributed by atoms with Gasteiger partial charge in [-0.3, -0.25) is 10.1 Å². The number of nitro benzene ring substituents is 1. The van der Waals surface area contributed by atoms with Gasteiger partial charge in [0.05, 0.1) is 11.0 Å². The van der Waals surface area contributed by atoms with E-state index < -0.39 is 35.6 Å². The van der Waals surface area contributed by atoms with Crippen LogP contribution in [0.4, 0.5) is 11.4 Å². The summed E-state index contributed by atoms with van der Waals surface area (Å²) in [4.78, 5) is 12.3. The lowest BCUT2D eigenvalue weighted by atomic mass is 9.99. The van der Waals surface area contributed by atoms with Gasteiger partial charge in [0.1, 0.15) is 18.3 Å². The molecule has 1 heterocycles. The van der Waals surface area contributed by atoms with Crippen LogP contribution in [-0.2, 0) is 4.74 Å². The third-order valence-corrected chi connectivity index (χ3v) is 5.22. The number of nitro groups is 1. The molecule has 1 saturated heterocycles. The van der Waals surface area contributed by atoms with Crippen LogP contribution in [0.25, 0.3) is 0 Å². The van der Waals surface area contributed by atoms with Crippen molar-refractivity contribution < 1.29 is 25.0 Å². The minimum absolute atomic E-state index is 0.114. The molecule has 0 saturated carbocycles. The molecule has 0 aromatic heterocycles. The van der Waals surface area contributed by atoms with Gasteiger partial charge in [0.15, 0.2) is 6.23 Å². The van der Waals surface area contributed by atoms with Gasteiger partial charge in [-0.25, -0.2) is 0 Å². The predicted octanol–water partition coefficient (Wildman–Crippen LogP) is 1.99. The Balaban J connectivity index is 1.85. The summed E-state index contributed by atoms with van der Waals surface area (Å²) in [7, 11) is 0. The molecule has 4 N–H and O–H groups in total. The van der Waals surface area contributed by atoms with E-state index in [1.807, 2.05) is 30.3 Å². The zero-order valence-electron chi connectivity index (χ0n) is 14.4. The summed E-state index contributed by atoms with van der Waals surface area (Å²) in [6, 6.07) is 13.9. The van der Waals surface area contributed by atoms with Crippen molar-refractivity contribution in [2.24, 2.45) is 0 Å². The van der Waals surface area contributed by atoms with E-state index in [0.29, 0.717) is 10.6 Å². The van der Waals surface area contributed by atoms with Crippen LogP contribution in [0.5, 0.6) is 0 Å². The minimum atomic E-state index is -1.39. The highest BCUT2D eigenvalue weighted by Crippen LogP contribution is 2.33. The zero-order chi connectivity index (χ0) is 19.6. The number of rotatable bonds is 5. The lowest BCUT2D eigenvalue weighted by molar-refractivity contribution is -0.385. The summed E-state index contributed by atoms with van der Waals surface area (Å²) in [6.45, 7) is 1.57. The molecular formula is C18H20N2O6S. The molecule has 0 amide bonds. The van der Waals surface area contributed by atoms with Crippen molar-refractivity contribution in [2.45, 2.75) is 47.4 Å². The quantitative estimate of drug-likeness (QED) is 0.450. The molecular weight excluding hydrogens is 372 g/mol. The molecule has 1 aliphatic rings. The van der Waals surface area contributed by atoms with Crippen LogP contribution in [0.3, 0.4) is 0 Å². The molecule has 0 radical (unpaired) electrons. The van der Waals surface area contributed by atoms with Crippen molar-refractivity contribution in [1.82, 2.24) is 0 Å². The standard InChI is InChI=1S/C18H20N2O6S/c1-10-15(21)16(22)17(23)18(26-10)19-11-7-12(20(24)25)9-14(8-11)27-13-5-3-2-4-6-13/h2-10,15-19,21-23H,1H3. The molecule has 1 aliphatic heterocycles. The van der Waals surface area contributed by atoms with Gasteiger partial charge in [-0.2, -0.15) is 0 Å². The minimum Gasteiger partial charge on any atom is -0.388 e. The van der Waals surface area contributed by atoms with E-state index in [0.717, 1.165) is 4.90 Å². The lowest BCUT2D eigenvalue weighted by Gasteiger charge is -2.39. The van der Waals surface area contributed by atoms with Gasteiger partial charge in [0.25, 0.3) is 5.69 Å². The number of nitrogens with one attached hydrogen (secondary N) is 1. The number of ether oxygens (including phenoxy) is 1. The number of hydrogen-bond acceptors (Lipinski definition) is 8. The molecule has 27 heavy (non-hydrogen) atoms. The maximum atomic E-state index is 11.3. The molecule has 2 aromatic carbocycles. The molecule has 2 aromatic rings. The van der Waals surface area contributed by atoms with Gasteiger partial charge in [0.2, 0.25) is 0 Å². The van der Waals surface area contributed by atoms with Crippen LogP contribution in [0.2, 0.25) is 0 Å². The Morgan fingerprint density at radius 2 is 1.74 bits per heavy atom. The van der Waals surface area contributed by atoms with Crippen molar-refractivity contribution in [3.05, 3.63) is 58.6 Å². The molecule has 0 spiro atoms. The first kappa shape index (κ1) is 19.6. The van der Waals surface area contributed by atoms with Crippen LogP contribution in [-0.4, -0.2) is 50.9 Å². The topological polar surface area (TPSA) is 125 Å². The Morgan fingerprint density at radius 3 is 2.41 bits per heavy atom.